The first-order chi connectivity index (χ1) is 10.5. The second kappa shape index (κ2) is 5.96. The van der Waals surface area contributed by atoms with E-state index in [4.69, 9.17) is 4.18 Å². The fourth-order valence-corrected chi connectivity index (χ4v) is 2.66. The molecule has 2 rings (SSSR count). The lowest BCUT2D eigenvalue weighted by atomic mass is 10.1. The summed E-state index contributed by atoms with van der Waals surface area (Å²) in [4.78, 5) is 16.8. The Labute approximate surface area is 130 Å². The highest BCUT2D eigenvalue weighted by molar-refractivity contribution is 7.86. The number of pyridine rings is 1. The molecule has 0 amide bonds. The molecule has 11 heteroatoms. The van der Waals surface area contributed by atoms with Crippen LogP contribution in [0.1, 0.15) is 15.9 Å². The minimum atomic E-state index is -4.65. The van der Waals surface area contributed by atoms with Crippen LogP contribution in [0, 0.1) is 0 Å². The molecule has 0 aliphatic carbocycles. The first-order valence-electron chi connectivity index (χ1n) is 6.30. The van der Waals surface area contributed by atoms with Crippen molar-refractivity contribution in [3.05, 3.63) is 23.4 Å². The predicted octanol–water partition coefficient (Wildman–Crippen LogP) is 1.05. The molecule has 1 saturated heterocycles. The first-order valence-corrected chi connectivity index (χ1v) is 8.11. The summed E-state index contributed by atoms with van der Waals surface area (Å²) < 4.78 is 69.4. The lowest BCUT2D eigenvalue weighted by molar-refractivity contribution is -0.137. The van der Waals surface area contributed by atoms with Crippen molar-refractivity contribution in [2.45, 2.75) is 12.3 Å². The van der Waals surface area contributed by atoms with Crippen molar-refractivity contribution in [3.8, 4) is 0 Å². The van der Waals surface area contributed by atoms with Gasteiger partial charge in [-0.3, -0.25) is 4.18 Å². The topological polar surface area (TPSA) is 85.8 Å². The molecule has 0 saturated carbocycles. The second-order valence-corrected chi connectivity index (χ2v) is 6.51. The van der Waals surface area contributed by atoms with Crippen LogP contribution >= 0.6 is 0 Å². The molecule has 128 valence electrons. The maximum atomic E-state index is 12.7. The zero-order chi connectivity index (χ0) is 17.4. The number of alkyl halides is 3. The normalized spacial score (nSPS) is 16.1. The highest BCUT2D eigenvalue weighted by Gasteiger charge is 2.37. The molecule has 1 fully saturated rings. The zero-order valence-corrected chi connectivity index (χ0v) is 12.9. The smallest absolute Gasteiger partial charge is 0.417 e. The maximum Gasteiger partial charge on any atom is 0.417 e. The Morgan fingerprint density at radius 1 is 1.39 bits per heavy atom. The van der Waals surface area contributed by atoms with Crippen molar-refractivity contribution < 1.29 is 35.3 Å². The third-order valence-electron chi connectivity index (χ3n) is 3.06. The van der Waals surface area contributed by atoms with Crippen molar-refractivity contribution in [1.29, 1.82) is 0 Å². The number of methoxy groups -OCH3 is 1. The van der Waals surface area contributed by atoms with Crippen LogP contribution in [0.5, 0.6) is 0 Å². The van der Waals surface area contributed by atoms with Crippen LogP contribution in [-0.4, -0.2) is 51.9 Å². The summed E-state index contributed by atoms with van der Waals surface area (Å²) in [5.74, 6) is -0.982. The third kappa shape index (κ3) is 4.10. The Kier molecular flexibility index (Phi) is 4.53. The highest BCUT2D eigenvalue weighted by atomic mass is 32.2. The third-order valence-corrected chi connectivity index (χ3v) is 3.68. The number of ether oxygens (including phenoxy) is 1. The van der Waals surface area contributed by atoms with E-state index in [1.54, 1.807) is 0 Å². The van der Waals surface area contributed by atoms with E-state index in [1.165, 1.54) is 4.90 Å². The van der Waals surface area contributed by atoms with Crippen molar-refractivity contribution in [2.24, 2.45) is 0 Å². The van der Waals surface area contributed by atoms with Crippen LogP contribution in [0.4, 0.5) is 19.0 Å². The van der Waals surface area contributed by atoms with Gasteiger partial charge in [0.15, 0.2) is 0 Å². The summed E-state index contributed by atoms with van der Waals surface area (Å²) in [5, 5.41) is 0. The Morgan fingerprint density at radius 2 is 2.00 bits per heavy atom. The molecular formula is C12H13F3N2O5S. The van der Waals surface area contributed by atoms with E-state index in [-0.39, 0.29) is 24.5 Å². The molecule has 2 heterocycles. The average molecular weight is 354 g/mol. The number of esters is 1. The Balaban J connectivity index is 2.24. The molecule has 1 aliphatic rings. The predicted molar refractivity (Wildman–Crippen MR) is 72.5 cm³/mol. The minimum absolute atomic E-state index is 0.0156. The monoisotopic (exact) mass is 354 g/mol. The number of anilines is 1. The SMILES string of the molecule is COC(=O)c1cc(C(F)(F)F)cnc1N1CC(OS(C)(=O)=O)C1. The van der Waals surface area contributed by atoms with Crippen LogP contribution in [-0.2, 0) is 25.2 Å². The molecule has 0 bridgehead atoms. The summed E-state index contributed by atoms with van der Waals surface area (Å²) in [6.07, 6.45) is -3.79. The van der Waals surface area contributed by atoms with Gasteiger partial charge in [-0.25, -0.2) is 9.78 Å². The minimum Gasteiger partial charge on any atom is -0.465 e. The van der Waals surface area contributed by atoms with Crippen molar-refractivity contribution in [2.75, 3.05) is 31.4 Å². The van der Waals surface area contributed by atoms with Gasteiger partial charge in [0.2, 0.25) is 0 Å². The van der Waals surface area contributed by atoms with Crippen LogP contribution in [0.15, 0.2) is 12.3 Å². The van der Waals surface area contributed by atoms with Crippen molar-refractivity contribution in [1.82, 2.24) is 4.98 Å². The van der Waals surface area contributed by atoms with E-state index < -0.39 is 33.9 Å². The number of nitrogens with zero attached hydrogens (tertiary/aromatic N) is 2. The molecule has 1 aromatic rings. The summed E-state index contributed by atoms with van der Waals surface area (Å²) in [7, 11) is -2.59. The van der Waals surface area contributed by atoms with Crippen molar-refractivity contribution >= 4 is 21.9 Å². The number of halogens is 3. The van der Waals surface area contributed by atoms with Gasteiger partial charge in [-0.15, -0.1) is 0 Å². The van der Waals surface area contributed by atoms with E-state index in [2.05, 4.69) is 9.72 Å². The molecular weight excluding hydrogens is 341 g/mol. The Morgan fingerprint density at radius 3 is 2.48 bits per heavy atom. The van der Waals surface area contributed by atoms with Crippen LogP contribution in [0.25, 0.3) is 0 Å². The summed E-state index contributed by atoms with van der Waals surface area (Å²) in [6.45, 7) is 0.158. The maximum absolute atomic E-state index is 12.7. The average Bonchev–Trinajstić information content (AvgIpc) is 2.39. The molecule has 7 nitrogen and oxygen atoms in total. The van der Waals surface area contributed by atoms with Gasteiger partial charge in [-0.2, -0.15) is 21.6 Å². The van der Waals surface area contributed by atoms with Crippen molar-refractivity contribution in [3.63, 3.8) is 0 Å². The lowest BCUT2D eigenvalue weighted by Gasteiger charge is -2.39. The second-order valence-electron chi connectivity index (χ2n) is 4.91. The van der Waals surface area contributed by atoms with E-state index in [0.717, 1.165) is 13.4 Å². The Bertz CT molecular complexity index is 714. The molecule has 23 heavy (non-hydrogen) atoms. The first kappa shape index (κ1) is 17.5. The quantitative estimate of drug-likeness (QED) is 0.590. The van der Waals surface area contributed by atoms with E-state index in [0.29, 0.717) is 12.3 Å². The van der Waals surface area contributed by atoms with Gasteiger partial charge in [0.25, 0.3) is 10.1 Å². The molecule has 0 radical (unpaired) electrons. The molecule has 0 spiro atoms. The fraction of sp³-hybridized carbons (Fsp3) is 0.500. The largest absolute Gasteiger partial charge is 0.465 e. The lowest BCUT2D eigenvalue weighted by Crippen LogP contribution is -2.53. The number of hydrogen-bond donors (Lipinski definition) is 0. The Hall–Kier alpha value is -1.88. The number of hydrogen-bond acceptors (Lipinski definition) is 7. The van der Waals surface area contributed by atoms with Gasteiger partial charge >= 0.3 is 12.1 Å². The molecule has 0 N–H and O–H groups in total. The van der Waals surface area contributed by atoms with Gasteiger partial charge in [-0.05, 0) is 6.07 Å². The highest BCUT2D eigenvalue weighted by Crippen LogP contribution is 2.33. The van der Waals surface area contributed by atoms with Gasteiger partial charge < -0.3 is 9.64 Å². The molecule has 0 unspecified atom stereocenters. The summed E-state index contributed by atoms with van der Waals surface area (Å²) in [5.41, 5.74) is -1.42. The standard InChI is InChI=1S/C12H13F3N2O5S/c1-21-11(18)9-3-7(12(13,14)15)4-16-10(9)17-5-8(6-17)22-23(2,19)20/h3-4,8H,5-6H2,1-2H3. The summed E-state index contributed by atoms with van der Waals surface area (Å²) in [6, 6.07) is 0.652. The zero-order valence-electron chi connectivity index (χ0n) is 12.1. The van der Waals surface area contributed by atoms with Crippen LogP contribution in [0.2, 0.25) is 0 Å². The molecule has 0 aromatic carbocycles. The van der Waals surface area contributed by atoms with E-state index in [1.807, 2.05) is 0 Å². The fourth-order valence-electron chi connectivity index (χ4n) is 2.04. The molecule has 1 aromatic heterocycles. The molecule has 0 atom stereocenters. The number of carbonyl (C=O) groups excluding carboxylic acids is 1. The summed E-state index contributed by atoms with van der Waals surface area (Å²) >= 11 is 0. The van der Waals surface area contributed by atoms with Crippen LogP contribution < -0.4 is 4.90 Å². The van der Waals surface area contributed by atoms with Gasteiger partial charge in [0.05, 0.1) is 18.9 Å². The van der Waals surface area contributed by atoms with Gasteiger partial charge in [-0.1, -0.05) is 0 Å². The number of aromatic nitrogens is 1. The number of rotatable bonds is 4. The van der Waals surface area contributed by atoms with Gasteiger partial charge in [0.1, 0.15) is 17.5 Å². The van der Waals surface area contributed by atoms with Crippen LogP contribution in [0.3, 0.4) is 0 Å². The van der Waals surface area contributed by atoms with E-state index in [9.17, 15) is 26.4 Å². The van der Waals surface area contributed by atoms with Gasteiger partial charge in [0, 0.05) is 19.3 Å². The molecule has 1 aliphatic heterocycles. The van der Waals surface area contributed by atoms with E-state index >= 15 is 0 Å². The number of carbonyl (C=O) groups is 1.